The first-order valence-corrected chi connectivity index (χ1v) is 7.47. The number of rotatable bonds is 8. The van der Waals surface area contributed by atoms with E-state index in [1.165, 1.54) is 5.56 Å². The normalized spacial score (nSPS) is 11.9. The van der Waals surface area contributed by atoms with E-state index in [9.17, 15) is 0 Å². The van der Waals surface area contributed by atoms with Crippen LogP contribution < -0.4 is 14.8 Å². The molecule has 0 fully saturated rings. The largest absolute Gasteiger partial charge is 0.494 e. The molecule has 0 aliphatic carbocycles. The smallest absolute Gasteiger partial charge is 0.119 e. The summed E-state index contributed by atoms with van der Waals surface area (Å²) in [7, 11) is 0. The molecule has 2 aromatic rings. The van der Waals surface area contributed by atoms with E-state index in [1.54, 1.807) is 0 Å². The van der Waals surface area contributed by atoms with Gasteiger partial charge in [-0.15, -0.1) is 0 Å². The highest BCUT2D eigenvalue weighted by atomic mass is 16.5. The molecule has 21 heavy (non-hydrogen) atoms. The molecule has 2 rings (SSSR count). The molecule has 0 heterocycles. The van der Waals surface area contributed by atoms with Crippen molar-refractivity contribution in [2.75, 3.05) is 19.8 Å². The van der Waals surface area contributed by atoms with Crippen LogP contribution in [-0.4, -0.2) is 19.8 Å². The molecule has 0 amide bonds. The molecule has 112 valence electrons. The molecule has 1 N–H and O–H groups in total. The van der Waals surface area contributed by atoms with Crippen LogP contribution in [0, 0.1) is 0 Å². The maximum absolute atomic E-state index is 5.87. The predicted octanol–water partition coefficient (Wildman–Crippen LogP) is 3.81. The molecule has 0 saturated carbocycles. The Kier molecular flexibility index (Phi) is 6.10. The quantitative estimate of drug-likeness (QED) is 0.800. The van der Waals surface area contributed by atoms with Crippen LogP contribution in [0.4, 0.5) is 0 Å². The van der Waals surface area contributed by atoms with Gasteiger partial charge in [0.25, 0.3) is 0 Å². The SMILES string of the molecule is CCNC(COc1ccccc1)c1cccc(OCC)c1. The average Bonchev–Trinajstić information content (AvgIpc) is 2.53. The van der Waals surface area contributed by atoms with Crippen LogP contribution in [0.1, 0.15) is 25.5 Å². The number of benzene rings is 2. The highest BCUT2D eigenvalue weighted by molar-refractivity contribution is 5.31. The summed E-state index contributed by atoms with van der Waals surface area (Å²) in [5.41, 5.74) is 1.18. The molecule has 0 saturated heterocycles. The Labute approximate surface area is 126 Å². The Morgan fingerprint density at radius 3 is 2.38 bits per heavy atom. The van der Waals surface area contributed by atoms with E-state index < -0.39 is 0 Å². The summed E-state index contributed by atoms with van der Waals surface area (Å²) in [5, 5.41) is 3.46. The van der Waals surface area contributed by atoms with Crippen molar-refractivity contribution in [2.24, 2.45) is 0 Å². The topological polar surface area (TPSA) is 30.5 Å². The van der Waals surface area contributed by atoms with Gasteiger partial charge in [-0.1, -0.05) is 37.3 Å². The summed E-state index contributed by atoms with van der Waals surface area (Å²) in [6.07, 6.45) is 0. The van der Waals surface area contributed by atoms with Crippen LogP contribution in [-0.2, 0) is 0 Å². The molecule has 0 radical (unpaired) electrons. The molecule has 2 aromatic carbocycles. The molecule has 1 unspecified atom stereocenters. The van der Waals surface area contributed by atoms with Crippen molar-refractivity contribution in [3.8, 4) is 11.5 Å². The zero-order valence-electron chi connectivity index (χ0n) is 12.7. The summed E-state index contributed by atoms with van der Waals surface area (Å²) in [6, 6.07) is 18.2. The van der Waals surface area contributed by atoms with Crippen molar-refractivity contribution in [3.63, 3.8) is 0 Å². The lowest BCUT2D eigenvalue weighted by atomic mass is 10.1. The maximum Gasteiger partial charge on any atom is 0.119 e. The van der Waals surface area contributed by atoms with E-state index in [2.05, 4.69) is 24.4 Å². The minimum absolute atomic E-state index is 0.149. The Balaban J connectivity index is 2.05. The predicted molar refractivity (Wildman–Crippen MR) is 86.0 cm³/mol. The molecule has 1 atom stereocenters. The number of likely N-dealkylation sites (N-methyl/N-ethyl adjacent to an activating group) is 1. The zero-order chi connectivity index (χ0) is 14.9. The summed E-state index contributed by atoms with van der Waals surface area (Å²) in [6.45, 7) is 6.25. The first-order valence-electron chi connectivity index (χ1n) is 7.47. The third kappa shape index (κ3) is 4.80. The number of hydrogen-bond acceptors (Lipinski definition) is 3. The lowest BCUT2D eigenvalue weighted by Crippen LogP contribution is -2.26. The van der Waals surface area contributed by atoms with Gasteiger partial charge >= 0.3 is 0 Å². The minimum atomic E-state index is 0.149. The maximum atomic E-state index is 5.87. The molecular weight excluding hydrogens is 262 g/mol. The van der Waals surface area contributed by atoms with Gasteiger partial charge in [0.1, 0.15) is 18.1 Å². The van der Waals surface area contributed by atoms with Crippen molar-refractivity contribution in [1.29, 1.82) is 0 Å². The van der Waals surface area contributed by atoms with Gasteiger partial charge < -0.3 is 14.8 Å². The van der Waals surface area contributed by atoms with Crippen LogP contribution in [0.15, 0.2) is 54.6 Å². The van der Waals surface area contributed by atoms with Crippen LogP contribution >= 0.6 is 0 Å². The van der Waals surface area contributed by atoms with Gasteiger partial charge in [0.05, 0.1) is 12.6 Å². The molecule has 0 aliphatic heterocycles. The lowest BCUT2D eigenvalue weighted by Gasteiger charge is -2.19. The van der Waals surface area contributed by atoms with Gasteiger partial charge in [0, 0.05) is 0 Å². The fourth-order valence-electron chi connectivity index (χ4n) is 2.20. The third-order valence-corrected chi connectivity index (χ3v) is 3.18. The molecule has 0 aliphatic rings. The molecular formula is C18H23NO2. The standard InChI is InChI=1S/C18H23NO2/c1-3-19-18(14-21-16-10-6-5-7-11-16)15-9-8-12-17(13-15)20-4-2/h5-13,18-19H,3-4,14H2,1-2H3. The van der Waals surface area contributed by atoms with E-state index in [1.807, 2.05) is 49.4 Å². The second-order valence-electron chi connectivity index (χ2n) is 4.74. The Morgan fingerprint density at radius 1 is 0.905 bits per heavy atom. The fourth-order valence-corrected chi connectivity index (χ4v) is 2.20. The molecule has 0 bridgehead atoms. The van der Waals surface area contributed by atoms with E-state index in [0.29, 0.717) is 13.2 Å². The third-order valence-electron chi connectivity index (χ3n) is 3.18. The number of ether oxygens (including phenoxy) is 2. The second kappa shape index (κ2) is 8.32. The van der Waals surface area contributed by atoms with E-state index in [-0.39, 0.29) is 6.04 Å². The minimum Gasteiger partial charge on any atom is -0.494 e. The Hall–Kier alpha value is -2.00. The average molecular weight is 285 g/mol. The highest BCUT2D eigenvalue weighted by Gasteiger charge is 2.12. The van der Waals surface area contributed by atoms with E-state index in [0.717, 1.165) is 18.0 Å². The van der Waals surface area contributed by atoms with Crippen molar-refractivity contribution < 1.29 is 9.47 Å². The van der Waals surface area contributed by atoms with Crippen LogP contribution in [0.5, 0.6) is 11.5 Å². The number of nitrogens with one attached hydrogen (secondary N) is 1. The second-order valence-corrected chi connectivity index (χ2v) is 4.74. The van der Waals surface area contributed by atoms with Crippen LogP contribution in [0.2, 0.25) is 0 Å². The van der Waals surface area contributed by atoms with Crippen molar-refractivity contribution in [2.45, 2.75) is 19.9 Å². The Bertz CT molecular complexity index is 528. The van der Waals surface area contributed by atoms with Gasteiger partial charge in [-0.3, -0.25) is 0 Å². The lowest BCUT2D eigenvalue weighted by molar-refractivity contribution is 0.267. The summed E-state index contributed by atoms with van der Waals surface area (Å²) in [4.78, 5) is 0. The van der Waals surface area contributed by atoms with Crippen LogP contribution in [0.3, 0.4) is 0 Å². The van der Waals surface area contributed by atoms with Crippen molar-refractivity contribution in [1.82, 2.24) is 5.32 Å². The van der Waals surface area contributed by atoms with Crippen LogP contribution in [0.25, 0.3) is 0 Å². The molecule has 0 aromatic heterocycles. The molecule has 3 heteroatoms. The van der Waals surface area contributed by atoms with Crippen molar-refractivity contribution >= 4 is 0 Å². The summed E-state index contributed by atoms with van der Waals surface area (Å²) >= 11 is 0. The summed E-state index contributed by atoms with van der Waals surface area (Å²) < 4.78 is 11.4. The van der Waals surface area contributed by atoms with Gasteiger partial charge in [0.2, 0.25) is 0 Å². The monoisotopic (exact) mass is 285 g/mol. The van der Waals surface area contributed by atoms with Crippen molar-refractivity contribution in [3.05, 3.63) is 60.2 Å². The first kappa shape index (κ1) is 15.4. The summed E-state index contributed by atoms with van der Waals surface area (Å²) in [5.74, 6) is 1.79. The zero-order valence-corrected chi connectivity index (χ0v) is 12.7. The van der Waals surface area contributed by atoms with E-state index in [4.69, 9.17) is 9.47 Å². The number of hydrogen-bond donors (Lipinski definition) is 1. The first-order chi connectivity index (χ1) is 10.3. The molecule has 3 nitrogen and oxygen atoms in total. The van der Waals surface area contributed by atoms with Gasteiger partial charge in [-0.05, 0) is 43.3 Å². The van der Waals surface area contributed by atoms with Gasteiger partial charge in [-0.25, -0.2) is 0 Å². The Morgan fingerprint density at radius 2 is 1.67 bits per heavy atom. The van der Waals surface area contributed by atoms with Gasteiger partial charge in [0.15, 0.2) is 0 Å². The fraction of sp³-hybridized carbons (Fsp3) is 0.333. The van der Waals surface area contributed by atoms with Gasteiger partial charge in [-0.2, -0.15) is 0 Å². The molecule has 0 spiro atoms. The number of para-hydroxylation sites is 1. The highest BCUT2D eigenvalue weighted by Crippen LogP contribution is 2.21. The van der Waals surface area contributed by atoms with E-state index >= 15 is 0 Å².